The van der Waals surface area contributed by atoms with Crippen LogP contribution in [0.25, 0.3) is 16.6 Å². The SMILES string of the molecule is Cc1ccc(C(=O)NCCN2C(=O)C(Cc3c[nH]c4c(Cl)cccc34)OC2O)cc1C#Cc1cnc2cccnn12. The van der Waals surface area contributed by atoms with E-state index < -0.39 is 12.5 Å². The fourth-order valence-corrected chi connectivity index (χ4v) is 5.04. The molecule has 206 valence electrons. The summed E-state index contributed by atoms with van der Waals surface area (Å²) in [6.07, 6.45) is 3.14. The Labute approximate surface area is 239 Å². The van der Waals surface area contributed by atoms with Crippen LogP contribution < -0.4 is 5.32 Å². The average molecular weight is 569 g/mol. The van der Waals surface area contributed by atoms with E-state index in [9.17, 15) is 14.7 Å². The smallest absolute Gasteiger partial charge is 0.256 e. The van der Waals surface area contributed by atoms with Gasteiger partial charge in [-0.3, -0.25) is 14.5 Å². The highest BCUT2D eigenvalue weighted by atomic mass is 35.5. The van der Waals surface area contributed by atoms with Crippen LogP contribution in [0.2, 0.25) is 5.02 Å². The van der Waals surface area contributed by atoms with Crippen LogP contribution in [-0.4, -0.2) is 67.0 Å². The van der Waals surface area contributed by atoms with Gasteiger partial charge in [0.1, 0.15) is 11.8 Å². The molecule has 11 heteroatoms. The van der Waals surface area contributed by atoms with E-state index in [2.05, 4.69) is 32.2 Å². The molecule has 3 N–H and O–H groups in total. The van der Waals surface area contributed by atoms with Crippen LogP contribution in [0.15, 0.2) is 67.1 Å². The maximum atomic E-state index is 13.0. The lowest BCUT2D eigenvalue weighted by atomic mass is 10.0. The Morgan fingerprint density at radius 2 is 2.10 bits per heavy atom. The first-order valence-electron chi connectivity index (χ1n) is 13.0. The van der Waals surface area contributed by atoms with E-state index in [0.717, 1.165) is 22.0 Å². The van der Waals surface area contributed by atoms with Crippen LogP contribution in [0.1, 0.15) is 32.7 Å². The van der Waals surface area contributed by atoms with Gasteiger partial charge >= 0.3 is 0 Å². The molecule has 5 aromatic rings. The number of aromatic amines is 1. The summed E-state index contributed by atoms with van der Waals surface area (Å²) in [6, 6.07) is 14.4. The molecule has 1 aliphatic rings. The number of aryl methyl sites for hydroxylation is 1. The highest BCUT2D eigenvalue weighted by Gasteiger charge is 2.39. The van der Waals surface area contributed by atoms with Gasteiger partial charge in [-0.05, 0) is 54.3 Å². The van der Waals surface area contributed by atoms with Crippen LogP contribution in [0.5, 0.6) is 0 Å². The predicted octanol–water partition coefficient (Wildman–Crippen LogP) is 3.05. The van der Waals surface area contributed by atoms with E-state index >= 15 is 0 Å². The Morgan fingerprint density at radius 3 is 2.98 bits per heavy atom. The number of hydrogen-bond acceptors (Lipinski definition) is 6. The lowest BCUT2D eigenvalue weighted by Crippen LogP contribution is -2.41. The number of rotatable bonds is 6. The number of benzene rings is 2. The maximum Gasteiger partial charge on any atom is 0.256 e. The Bertz CT molecular complexity index is 1850. The Kier molecular flexibility index (Phi) is 7.15. The number of carbonyl (C=O) groups excluding carboxylic acids is 2. The van der Waals surface area contributed by atoms with Gasteiger partial charge in [0.2, 0.25) is 6.41 Å². The topological polar surface area (TPSA) is 125 Å². The zero-order chi connectivity index (χ0) is 28.5. The molecule has 0 radical (unpaired) electrons. The number of nitrogens with one attached hydrogen (secondary N) is 2. The number of para-hydroxylation sites is 1. The molecule has 6 rings (SSSR count). The number of aliphatic hydroxyl groups is 1. The lowest BCUT2D eigenvalue weighted by Gasteiger charge is -2.18. The number of H-pyrrole nitrogens is 1. The molecule has 0 spiro atoms. The van der Waals surface area contributed by atoms with Crippen LogP contribution in [0, 0.1) is 18.8 Å². The molecule has 3 aromatic heterocycles. The number of aliphatic hydroxyl groups excluding tert-OH is 1. The molecule has 0 aliphatic carbocycles. The van der Waals surface area contributed by atoms with Crippen LogP contribution in [-0.2, 0) is 16.0 Å². The number of halogens is 1. The van der Waals surface area contributed by atoms with Gasteiger partial charge in [0, 0.05) is 48.4 Å². The third kappa shape index (κ3) is 5.26. The molecule has 2 aromatic carbocycles. The van der Waals surface area contributed by atoms with E-state index in [1.165, 1.54) is 4.90 Å². The number of ether oxygens (including phenoxy) is 1. The summed E-state index contributed by atoms with van der Waals surface area (Å²) >= 11 is 6.24. The summed E-state index contributed by atoms with van der Waals surface area (Å²) < 4.78 is 7.19. The average Bonchev–Trinajstić information content (AvgIpc) is 3.65. The van der Waals surface area contributed by atoms with Crippen molar-refractivity contribution in [2.24, 2.45) is 0 Å². The normalized spacial score (nSPS) is 16.8. The number of hydrogen-bond donors (Lipinski definition) is 3. The van der Waals surface area contributed by atoms with Crippen molar-refractivity contribution in [1.82, 2.24) is 29.8 Å². The van der Waals surface area contributed by atoms with Crippen LogP contribution >= 0.6 is 11.6 Å². The highest BCUT2D eigenvalue weighted by molar-refractivity contribution is 6.35. The molecular weight excluding hydrogens is 544 g/mol. The van der Waals surface area contributed by atoms with Crippen molar-refractivity contribution in [3.8, 4) is 11.8 Å². The molecule has 2 unspecified atom stereocenters. The number of nitrogens with zero attached hydrogens (tertiary/aromatic N) is 4. The largest absolute Gasteiger partial charge is 0.360 e. The summed E-state index contributed by atoms with van der Waals surface area (Å²) in [5.41, 5.74) is 5.02. The first kappa shape index (κ1) is 26.5. The van der Waals surface area contributed by atoms with E-state index in [1.54, 1.807) is 47.4 Å². The van der Waals surface area contributed by atoms with E-state index in [0.29, 0.717) is 27.5 Å². The molecule has 1 aliphatic heterocycles. The molecule has 2 amide bonds. The molecular formula is C30H25ClN6O4. The number of imidazole rings is 1. The summed E-state index contributed by atoms with van der Waals surface area (Å²) in [4.78, 5) is 34.5. The Morgan fingerprint density at radius 1 is 1.22 bits per heavy atom. The summed E-state index contributed by atoms with van der Waals surface area (Å²) in [7, 11) is 0. The monoisotopic (exact) mass is 568 g/mol. The molecule has 41 heavy (non-hydrogen) atoms. The standard InChI is InChI=1S/C30H25ClN6O4/c1-18-7-8-20(14-19(18)9-10-22-17-33-26-6-3-11-35-37(22)26)28(38)32-12-13-36-29(39)25(41-30(36)40)15-21-16-34-27-23(21)4-2-5-24(27)31/h2-8,11,14,16-17,25,30,34,40H,12-13,15H2,1H3,(H,32,38). The van der Waals surface area contributed by atoms with Crippen molar-refractivity contribution in [1.29, 1.82) is 0 Å². The van der Waals surface area contributed by atoms with Crippen molar-refractivity contribution in [3.05, 3.63) is 100 Å². The molecule has 10 nitrogen and oxygen atoms in total. The summed E-state index contributed by atoms with van der Waals surface area (Å²) in [5, 5.41) is 18.9. The second-order valence-electron chi connectivity index (χ2n) is 9.64. The van der Waals surface area contributed by atoms with Gasteiger partial charge in [0.15, 0.2) is 5.65 Å². The number of amides is 2. The van der Waals surface area contributed by atoms with Crippen LogP contribution in [0.4, 0.5) is 0 Å². The van der Waals surface area contributed by atoms with Gasteiger partial charge in [-0.1, -0.05) is 35.7 Å². The van der Waals surface area contributed by atoms with E-state index in [-0.39, 0.29) is 31.3 Å². The van der Waals surface area contributed by atoms with Gasteiger partial charge < -0.3 is 20.1 Å². The second kappa shape index (κ2) is 11.1. The molecule has 1 fully saturated rings. The lowest BCUT2D eigenvalue weighted by molar-refractivity contribution is -0.152. The minimum Gasteiger partial charge on any atom is -0.360 e. The number of carbonyl (C=O) groups is 2. The third-order valence-electron chi connectivity index (χ3n) is 7.01. The quantitative estimate of drug-likeness (QED) is 0.270. The van der Waals surface area contributed by atoms with Crippen molar-refractivity contribution >= 4 is 40.0 Å². The first-order chi connectivity index (χ1) is 19.9. The minimum atomic E-state index is -1.39. The molecule has 2 atom stereocenters. The highest BCUT2D eigenvalue weighted by Crippen LogP contribution is 2.28. The molecule has 1 saturated heterocycles. The third-order valence-corrected chi connectivity index (χ3v) is 7.32. The fourth-order valence-electron chi connectivity index (χ4n) is 4.81. The second-order valence-corrected chi connectivity index (χ2v) is 10.0. The van der Waals surface area contributed by atoms with Crippen molar-refractivity contribution < 1.29 is 19.4 Å². The predicted molar refractivity (Wildman–Crippen MR) is 152 cm³/mol. The zero-order valence-electron chi connectivity index (χ0n) is 22.0. The van der Waals surface area contributed by atoms with Gasteiger partial charge in [-0.2, -0.15) is 5.10 Å². The Hall–Kier alpha value is -4.69. The maximum absolute atomic E-state index is 13.0. The summed E-state index contributed by atoms with van der Waals surface area (Å²) in [5.74, 6) is 5.51. The van der Waals surface area contributed by atoms with E-state index in [1.807, 2.05) is 31.2 Å². The number of fused-ring (bicyclic) bond motifs is 2. The van der Waals surface area contributed by atoms with Crippen molar-refractivity contribution in [2.45, 2.75) is 25.9 Å². The van der Waals surface area contributed by atoms with Gasteiger partial charge in [-0.15, -0.1) is 0 Å². The Balaban J connectivity index is 1.07. The molecule has 4 heterocycles. The first-order valence-corrected chi connectivity index (χ1v) is 13.3. The van der Waals surface area contributed by atoms with Gasteiger partial charge in [-0.25, -0.2) is 9.50 Å². The molecule has 0 saturated carbocycles. The van der Waals surface area contributed by atoms with E-state index in [4.69, 9.17) is 16.3 Å². The fraction of sp³-hybridized carbons (Fsp3) is 0.200. The van der Waals surface area contributed by atoms with Gasteiger partial charge in [0.25, 0.3) is 11.8 Å². The van der Waals surface area contributed by atoms with Crippen molar-refractivity contribution in [2.75, 3.05) is 13.1 Å². The number of aromatic nitrogens is 4. The molecule has 0 bridgehead atoms. The zero-order valence-corrected chi connectivity index (χ0v) is 22.7. The van der Waals surface area contributed by atoms with Crippen LogP contribution in [0.3, 0.4) is 0 Å². The minimum absolute atomic E-state index is 0.0851. The van der Waals surface area contributed by atoms with Crippen molar-refractivity contribution in [3.63, 3.8) is 0 Å². The van der Waals surface area contributed by atoms with Gasteiger partial charge in [0.05, 0.1) is 16.7 Å². The summed E-state index contributed by atoms with van der Waals surface area (Å²) in [6.45, 7) is 2.13.